The van der Waals surface area contributed by atoms with Gasteiger partial charge in [0.1, 0.15) is 5.75 Å². The molecule has 0 saturated heterocycles. The van der Waals surface area contributed by atoms with E-state index >= 15 is 0 Å². The zero-order valence-electron chi connectivity index (χ0n) is 15.8. The number of aryl methyl sites for hydroxylation is 1. The molecule has 2 rings (SSSR count). The molecule has 146 valence electrons. The molecule has 0 saturated carbocycles. The van der Waals surface area contributed by atoms with Gasteiger partial charge in [0.2, 0.25) is 0 Å². The maximum Gasteiger partial charge on any atom is 0.251 e. The lowest BCUT2D eigenvalue weighted by Crippen LogP contribution is -2.24. The van der Waals surface area contributed by atoms with Gasteiger partial charge in [-0.1, -0.05) is 56.0 Å². The van der Waals surface area contributed by atoms with E-state index in [4.69, 9.17) is 4.74 Å². The third kappa shape index (κ3) is 7.97. The minimum absolute atomic E-state index is 0.00338. The molecule has 0 unspecified atom stereocenters. The Labute approximate surface area is 189 Å². The Bertz CT molecular complexity index is 697. The molecule has 0 spiro atoms. The number of halogens is 2. The molecule has 2 aromatic carbocycles. The fraction of sp³-hybridized carbons (Fsp3) is 0.409. The fourth-order valence-corrected chi connectivity index (χ4v) is 5.20. The molecule has 2 aromatic rings. The topological polar surface area (TPSA) is 38.3 Å². The summed E-state index contributed by atoms with van der Waals surface area (Å²) in [6.07, 6.45) is 8.44. The van der Waals surface area contributed by atoms with Gasteiger partial charge in [0.25, 0.3) is 5.91 Å². The zero-order valence-corrected chi connectivity index (χ0v) is 20.1. The Morgan fingerprint density at radius 2 is 1.52 bits per heavy atom. The van der Waals surface area contributed by atoms with E-state index in [-0.39, 0.29) is 5.91 Å². The molecule has 0 bridgehead atoms. The van der Waals surface area contributed by atoms with Crippen molar-refractivity contribution in [2.45, 2.75) is 44.9 Å². The molecule has 0 aliphatic rings. The Morgan fingerprint density at radius 1 is 0.926 bits per heavy atom. The number of hydrogen-bond acceptors (Lipinski definition) is 2. The van der Waals surface area contributed by atoms with Gasteiger partial charge in [-0.15, -0.1) is 0 Å². The third-order valence-electron chi connectivity index (χ3n) is 4.49. The summed E-state index contributed by atoms with van der Waals surface area (Å²) in [4.78, 5) is 12.3. The summed E-state index contributed by atoms with van der Waals surface area (Å²) in [6, 6.07) is 14.4. The van der Waals surface area contributed by atoms with Gasteiger partial charge < -0.3 is 10.1 Å². The first-order valence-corrected chi connectivity index (χ1v) is 11.6. The maximum absolute atomic E-state index is 12.3. The van der Waals surface area contributed by atoms with Crippen molar-refractivity contribution in [1.82, 2.24) is 5.32 Å². The Balaban J connectivity index is 1.55. The van der Waals surface area contributed by atoms with E-state index in [0.717, 1.165) is 25.9 Å². The van der Waals surface area contributed by atoms with Gasteiger partial charge in [-0.25, -0.2) is 0 Å². The van der Waals surface area contributed by atoms with Crippen LogP contribution in [-0.2, 0) is 6.42 Å². The second kappa shape index (κ2) is 12.6. The molecule has 1 amide bonds. The Hall–Kier alpha value is -0.830. The minimum Gasteiger partial charge on any atom is -0.495 e. The smallest absolute Gasteiger partial charge is 0.251 e. The van der Waals surface area contributed by atoms with Crippen LogP contribution in [0.3, 0.4) is 0 Å². The van der Waals surface area contributed by atoms with E-state index in [1.54, 1.807) is 7.11 Å². The number of nitrogens with one attached hydrogen (secondary N) is 1. The minimum atomic E-state index is -0.00338. The highest BCUT2D eigenvalue weighted by Crippen LogP contribution is 2.28. The molecule has 0 fully saturated rings. The predicted molar refractivity (Wildman–Crippen MR) is 129 cm³/mol. The largest absolute Gasteiger partial charge is 0.495 e. The lowest BCUT2D eigenvalue weighted by molar-refractivity contribution is 0.0952. The highest BCUT2D eigenvalue weighted by Gasteiger charge is 2.12. The van der Waals surface area contributed by atoms with E-state index in [1.165, 1.54) is 44.1 Å². The van der Waals surface area contributed by atoms with Gasteiger partial charge >= 0.3 is 0 Å². The molecule has 3 nitrogen and oxygen atoms in total. The van der Waals surface area contributed by atoms with Crippen molar-refractivity contribution in [1.29, 1.82) is 0 Å². The van der Waals surface area contributed by atoms with E-state index in [0.29, 0.717) is 5.56 Å². The van der Waals surface area contributed by atoms with Crippen LogP contribution in [0.5, 0.6) is 5.75 Å². The van der Waals surface area contributed by atoms with Crippen LogP contribution in [-0.4, -0.2) is 19.6 Å². The highest BCUT2D eigenvalue weighted by atomic mass is 127. The van der Waals surface area contributed by atoms with Gasteiger partial charge in [-0.2, -0.15) is 0 Å². The number of amides is 1. The van der Waals surface area contributed by atoms with Crippen molar-refractivity contribution in [2.75, 3.05) is 13.7 Å². The molecular weight excluding hydrogens is 564 g/mol. The highest BCUT2D eigenvalue weighted by molar-refractivity contribution is 14.1. The monoisotopic (exact) mass is 591 g/mol. The number of benzene rings is 2. The maximum atomic E-state index is 12.3. The summed E-state index contributed by atoms with van der Waals surface area (Å²) in [5.74, 6) is 0.830. The molecule has 27 heavy (non-hydrogen) atoms. The Morgan fingerprint density at radius 3 is 2.15 bits per heavy atom. The summed E-state index contributed by atoms with van der Waals surface area (Å²) in [7, 11) is 1.65. The van der Waals surface area contributed by atoms with E-state index in [1.807, 2.05) is 12.1 Å². The summed E-state index contributed by atoms with van der Waals surface area (Å²) in [6.45, 7) is 0.738. The number of ether oxygens (including phenoxy) is 1. The van der Waals surface area contributed by atoms with Gasteiger partial charge in [-0.05, 0) is 82.1 Å². The lowest BCUT2D eigenvalue weighted by Gasteiger charge is -2.10. The van der Waals surface area contributed by atoms with Gasteiger partial charge in [0, 0.05) is 12.1 Å². The second-order valence-corrected chi connectivity index (χ2v) is 8.91. The number of hydrogen-bond donors (Lipinski definition) is 1. The van der Waals surface area contributed by atoms with Crippen molar-refractivity contribution in [3.8, 4) is 5.75 Å². The first kappa shape index (κ1) is 22.5. The lowest BCUT2D eigenvalue weighted by atomic mass is 10.0. The third-order valence-corrected chi connectivity index (χ3v) is 6.09. The molecule has 0 atom stereocenters. The molecular formula is C22H27I2NO2. The average Bonchev–Trinajstić information content (AvgIpc) is 2.67. The quantitative estimate of drug-likeness (QED) is 0.249. The normalized spacial score (nSPS) is 10.6. The summed E-state index contributed by atoms with van der Waals surface area (Å²) < 4.78 is 7.26. The Kier molecular flexibility index (Phi) is 10.5. The molecule has 0 aromatic heterocycles. The van der Waals surface area contributed by atoms with Crippen LogP contribution in [0.2, 0.25) is 0 Å². The first-order chi connectivity index (χ1) is 13.1. The molecule has 0 aliphatic carbocycles. The fourth-order valence-electron chi connectivity index (χ4n) is 3.00. The predicted octanol–water partition coefficient (Wildman–Crippen LogP) is 6.22. The van der Waals surface area contributed by atoms with Crippen LogP contribution >= 0.6 is 45.2 Å². The molecule has 0 radical (unpaired) electrons. The van der Waals surface area contributed by atoms with Crippen LogP contribution in [0.1, 0.15) is 54.4 Å². The van der Waals surface area contributed by atoms with Crippen molar-refractivity contribution >= 4 is 51.1 Å². The van der Waals surface area contributed by atoms with Gasteiger partial charge in [0.15, 0.2) is 0 Å². The molecule has 1 N–H and O–H groups in total. The number of rotatable bonds is 11. The van der Waals surface area contributed by atoms with Crippen molar-refractivity contribution < 1.29 is 9.53 Å². The molecule has 0 heterocycles. The van der Waals surface area contributed by atoms with Crippen molar-refractivity contribution in [2.24, 2.45) is 0 Å². The first-order valence-electron chi connectivity index (χ1n) is 9.47. The van der Waals surface area contributed by atoms with E-state index in [9.17, 15) is 4.79 Å². The standard InChI is InChI=1S/C22H27I2NO2/c1-27-21-19(23)15-18(16-20(21)24)22(26)25-14-10-5-3-2-4-7-11-17-12-8-6-9-13-17/h6,8-9,12-13,15-16H,2-5,7,10-11,14H2,1H3,(H,25,26). The number of carbonyl (C=O) groups is 1. The average molecular weight is 591 g/mol. The second-order valence-electron chi connectivity index (χ2n) is 6.59. The van der Waals surface area contributed by atoms with E-state index in [2.05, 4.69) is 80.8 Å². The summed E-state index contributed by atoms with van der Waals surface area (Å²) in [5.41, 5.74) is 2.13. The van der Waals surface area contributed by atoms with Gasteiger partial charge in [-0.3, -0.25) is 4.79 Å². The number of methoxy groups -OCH3 is 1. The van der Waals surface area contributed by atoms with Crippen LogP contribution in [0.4, 0.5) is 0 Å². The number of carbonyl (C=O) groups excluding carboxylic acids is 1. The summed E-state index contributed by atoms with van der Waals surface area (Å²) in [5, 5.41) is 3.03. The number of unbranched alkanes of at least 4 members (excludes halogenated alkanes) is 5. The van der Waals surface area contributed by atoms with Gasteiger partial charge in [0.05, 0.1) is 14.3 Å². The summed E-state index contributed by atoms with van der Waals surface area (Å²) >= 11 is 4.41. The van der Waals surface area contributed by atoms with Crippen molar-refractivity contribution in [3.05, 3.63) is 60.7 Å². The van der Waals surface area contributed by atoms with Crippen LogP contribution in [0.15, 0.2) is 42.5 Å². The van der Waals surface area contributed by atoms with E-state index < -0.39 is 0 Å². The zero-order chi connectivity index (χ0) is 19.5. The van der Waals surface area contributed by atoms with Crippen molar-refractivity contribution in [3.63, 3.8) is 0 Å². The SMILES string of the molecule is COc1c(I)cc(C(=O)NCCCCCCCCc2ccccc2)cc1I. The molecule has 0 aliphatic heterocycles. The molecule has 5 heteroatoms. The van der Waals surface area contributed by atoms with Crippen LogP contribution in [0.25, 0.3) is 0 Å². The van der Waals surface area contributed by atoms with Crippen LogP contribution in [0, 0.1) is 7.14 Å². The van der Waals surface area contributed by atoms with Crippen LogP contribution < -0.4 is 10.1 Å².